The summed E-state index contributed by atoms with van der Waals surface area (Å²) in [6.45, 7) is 5.74. The molecule has 0 aliphatic carbocycles. The molecule has 2 aliphatic rings. The predicted octanol–water partition coefficient (Wildman–Crippen LogP) is 4.90. The van der Waals surface area contributed by atoms with Crippen molar-refractivity contribution in [2.24, 2.45) is 0 Å². The van der Waals surface area contributed by atoms with Crippen LogP contribution in [0.4, 0.5) is 0 Å². The Morgan fingerprint density at radius 3 is 2.68 bits per heavy atom. The topological polar surface area (TPSA) is 93.9 Å². The van der Waals surface area contributed by atoms with Gasteiger partial charge in [-0.25, -0.2) is 4.98 Å². The zero-order valence-corrected chi connectivity index (χ0v) is 21.8. The van der Waals surface area contributed by atoms with Gasteiger partial charge < -0.3 is 24.0 Å². The lowest BCUT2D eigenvalue weighted by atomic mass is 9.94. The third-order valence-corrected chi connectivity index (χ3v) is 7.05. The van der Waals surface area contributed by atoms with Crippen LogP contribution < -0.4 is 9.47 Å². The molecule has 3 heterocycles. The maximum atomic E-state index is 13.4. The Hall–Kier alpha value is -4.07. The zero-order chi connectivity index (χ0) is 26.6. The van der Waals surface area contributed by atoms with Gasteiger partial charge in [-0.05, 0) is 61.2 Å². The number of aliphatic hydroxyl groups is 1. The van der Waals surface area contributed by atoms with Gasteiger partial charge in [-0.2, -0.15) is 0 Å². The lowest BCUT2D eigenvalue weighted by Crippen LogP contribution is -2.31. The molecule has 1 amide bonds. The van der Waals surface area contributed by atoms with Crippen molar-refractivity contribution in [3.8, 4) is 11.5 Å². The first-order chi connectivity index (χ1) is 18.5. The summed E-state index contributed by atoms with van der Waals surface area (Å²) in [5.41, 5.74) is 2.32. The fourth-order valence-electron chi connectivity index (χ4n) is 5.11. The van der Waals surface area contributed by atoms with Crippen molar-refractivity contribution in [3.63, 3.8) is 0 Å². The number of Topliss-reactive ketones (excluding diaryl/α,β-unsaturated/α-hetero) is 1. The Kier molecular flexibility index (Phi) is 7.49. The molecule has 1 saturated heterocycles. The first-order valence-electron chi connectivity index (χ1n) is 13.2. The SMILES string of the molecule is CCCCOc1ccc(C2/C(=C(/O)c3ccc4c(c3)CC(C)O4)C(=O)C(=O)N2CCCn2ccnc2)cc1. The van der Waals surface area contributed by atoms with E-state index in [0.29, 0.717) is 31.7 Å². The quantitative estimate of drug-likeness (QED) is 0.179. The Morgan fingerprint density at radius 1 is 1.13 bits per heavy atom. The fraction of sp³-hybridized carbons (Fsp3) is 0.367. The van der Waals surface area contributed by atoms with E-state index >= 15 is 0 Å². The number of ketones is 1. The fourth-order valence-corrected chi connectivity index (χ4v) is 5.11. The van der Waals surface area contributed by atoms with Crippen LogP contribution in [-0.2, 0) is 22.6 Å². The number of aliphatic hydroxyl groups excluding tert-OH is 1. The number of rotatable bonds is 10. The molecule has 1 fully saturated rings. The van der Waals surface area contributed by atoms with Gasteiger partial charge in [0.1, 0.15) is 23.4 Å². The molecule has 2 aliphatic heterocycles. The minimum atomic E-state index is -0.703. The summed E-state index contributed by atoms with van der Waals surface area (Å²) in [6.07, 6.45) is 8.71. The maximum Gasteiger partial charge on any atom is 0.295 e. The first kappa shape index (κ1) is 25.6. The van der Waals surface area contributed by atoms with Gasteiger partial charge in [0.05, 0.1) is 24.5 Å². The number of fused-ring (bicyclic) bond motifs is 1. The number of carbonyl (C=O) groups is 2. The molecule has 2 atom stereocenters. The van der Waals surface area contributed by atoms with Gasteiger partial charge in [0.2, 0.25) is 0 Å². The molecular weight excluding hydrogens is 482 g/mol. The number of unbranched alkanes of at least 4 members (excludes halogenated alkanes) is 1. The average Bonchev–Trinajstić information content (AvgIpc) is 3.63. The lowest BCUT2D eigenvalue weighted by molar-refractivity contribution is -0.139. The highest BCUT2D eigenvalue weighted by molar-refractivity contribution is 6.46. The minimum absolute atomic E-state index is 0.0570. The van der Waals surface area contributed by atoms with E-state index in [4.69, 9.17) is 9.47 Å². The molecule has 198 valence electrons. The number of nitrogens with zero attached hydrogens (tertiary/aromatic N) is 3. The monoisotopic (exact) mass is 515 g/mol. The summed E-state index contributed by atoms with van der Waals surface area (Å²) in [5.74, 6) is 0.0550. The van der Waals surface area contributed by atoms with E-state index in [1.54, 1.807) is 23.5 Å². The summed E-state index contributed by atoms with van der Waals surface area (Å²) in [4.78, 5) is 32.3. The molecule has 2 aromatic carbocycles. The van der Waals surface area contributed by atoms with Gasteiger partial charge in [0.15, 0.2) is 0 Å². The van der Waals surface area contributed by atoms with E-state index in [9.17, 15) is 14.7 Å². The van der Waals surface area contributed by atoms with E-state index in [0.717, 1.165) is 41.9 Å². The lowest BCUT2D eigenvalue weighted by Gasteiger charge is -2.25. The highest BCUT2D eigenvalue weighted by Gasteiger charge is 2.45. The van der Waals surface area contributed by atoms with Crippen LogP contribution in [0, 0.1) is 0 Å². The Morgan fingerprint density at radius 2 is 1.95 bits per heavy atom. The number of imidazole rings is 1. The van der Waals surface area contributed by atoms with Gasteiger partial charge in [-0.1, -0.05) is 25.5 Å². The second kappa shape index (κ2) is 11.1. The Labute approximate surface area is 222 Å². The number of aromatic nitrogens is 2. The molecule has 0 spiro atoms. The summed E-state index contributed by atoms with van der Waals surface area (Å²) >= 11 is 0. The summed E-state index contributed by atoms with van der Waals surface area (Å²) in [5, 5.41) is 11.4. The molecular formula is C30H33N3O5. The zero-order valence-electron chi connectivity index (χ0n) is 21.8. The number of likely N-dealkylation sites (tertiary alicyclic amines) is 1. The maximum absolute atomic E-state index is 13.4. The number of amides is 1. The van der Waals surface area contributed by atoms with Crippen LogP contribution in [0.15, 0.2) is 66.8 Å². The number of ether oxygens (including phenoxy) is 2. The number of hydrogen-bond acceptors (Lipinski definition) is 6. The van der Waals surface area contributed by atoms with E-state index < -0.39 is 17.7 Å². The van der Waals surface area contributed by atoms with Crippen molar-refractivity contribution in [2.75, 3.05) is 13.2 Å². The van der Waals surface area contributed by atoms with E-state index in [1.165, 1.54) is 0 Å². The second-order valence-corrected chi connectivity index (χ2v) is 9.87. The van der Waals surface area contributed by atoms with Crippen LogP contribution in [0.3, 0.4) is 0 Å². The third-order valence-electron chi connectivity index (χ3n) is 7.05. The van der Waals surface area contributed by atoms with Crippen molar-refractivity contribution in [3.05, 3.63) is 83.4 Å². The molecule has 3 aromatic rings. The van der Waals surface area contributed by atoms with Crippen LogP contribution in [-0.4, -0.2) is 50.5 Å². The van der Waals surface area contributed by atoms with Gasteiger partial charge in [0, 0.05) is 37.5 Å². The number of hydrogen-bond donors (Lipinski definition) is 1. The molecule has 0 bridgehead atoms. The van der Waals surface area contributed by atoms with Gasteiger partial charge in [0.25, 0.3) is 11.7 Å². The smallest absolute Gasteiger partial charge is 0.295 e. The largest absolute Gasteiger partial charge is 0.507 e. The summed E-state index contributed by atoms with van der Waals surface area (Å²) in [6, 6.07) is 12.1. The van der Waals surface area contributed by atoms with Crippen molar-refractivity contribution < 1.29 is 24.2 Å². The molecule has 38 heavy (non-hydrogen) atoms. The number of aryl methyl sites for hydroxylation is 1. The van der Waals surface area contributed by atoms with E-state index in [1.807, 2.05) is 54.1 Å². The van der Waals surface area contributed by atoms with E-state index in [2.05, 4.69) is 11.9 Å². The molecule has 8 nitrogen and oxygen atoms in total. The van der Waals surface area contributed by atoms with Crippen molar-refractivity contribution in [1.29, 1.82) is 0 Å². The highest BCUT2D eigenvalue weighted by Crippen LogP contribution is 2.41. The minimum Gasteiger partial charge on any atom is -0.507 e. The summed E-state index contributed by atoms with van der Waals surface area (Å²) < 4.78 is 13.5. The normalized spacial score (nSPS) is 20.0. The van der Waals surface area contributed by atoms with Crippen molar-refractivity contribution in [1.82, 2.24) is 14.5 Å². The molecule has 0 radical (unpaired) electrons. The van der Waals surface area contributed by atoms with Crippen LogP contribution in [0.25, 0.3) is 5.76 Å². The average molecular weight is 516 g/mol. The number of carbonyl (C=O) groups excluding carboxylic acids is 2. The van der Waals surface area contributed by atoms with Gasteiger partial charge in [-0.15, -0.1) is 0 Å². The predicted molar refractivity (Wildman–Crippen MR) is 143 cm³/mol. The number of benzene rings is 2. The second-order valence-electron chi connectivity index (χ2n) is 9.87. The molecule has 5 rings (SSSR count). The molecule has 0 saturated carbocycles. The molecule has 1 aromatic heterocycles. The Balaban J connectivity index is 1.48. The summed E-state index contributed by atoms with van der Waals surface area (Å²) in [7, 11) is 0. The van der Waals surface area contributed by atoms with Crippen molar-refractivity contribution in [2.45, 2.75) is 58.2 Å². The molecule has 8 heteroatoms. The van der Waals surface area contributed by atoms with Crippen LogP contribution in [0.1, 0.15) is 55.8 Å². The first-order valence-corrected chi connectivity index (χ1v) is 13.2. The van der Waals surface area contributed by atoms with Crippen LogP contribution in [0.2, 0.25) is 0 Å². The van der Waals surface area contributed by atoms with Crippen molar-refractivity contribution >= 4 is 17.4 Å². The van der Waals surface area contributed by atoms with Gasteiger partial charge in [-0.3, -0.25) is 9.59 Å². The standard InChI is InChI=1S/C30H33N3O5/c1-3-4-16-37-24-9-6-21(7-10-24)27-26(28(34)22-8-11-25-23(18-22)17-20(2)38-25)29(35)30(36)33(27)14-5-13-32-15-12-31-19-32/h6-12,15,18-20,27,34H,3-5,13-14,16-17H2,1-2H3/b28-26-. The van der Waals surface area contributed by atoms with Crippen LogP contribution >= 0.6 is 0 Å². The van der Waals surface area contributed by atoms with Gasteiger partial charge >= 0.3 is 0 Å². The van der Waals surface area contributed by atoms with E-state index in [-0.39, 0.29) is 17.4 Å². The molecule has 1 N–H and O–H groups in total. The molecule has 2 unspecified atom stereocenters. The third kappa shape index (κ3) is 5.16. The highest BCUT2D eigenvalue weighted by atomic mass is 16.5. The Bertz CT molecular complexity index is 1330. The van der Waals surface area contributed by atoms with Crippen LogP contribution in [0.5, 0.6) is 11.5 Å².